The van der Waals surface area contributed by atoms with Crippen LogP contribution in [-0.2, 0) is 14.3 Å². The largest absolute Gasteiger partial charge is 0.508 e. The summed E-state index contributed by atoms with van der Waals surface area (Å²) in [6, 6.07) is 0. The molecule has 1 saturated carbocycles. The third-order valence-electron chi connectivity index (χ3n) is 9.41. The van der Waals surface area contributed by atoms with Gasteiger partial charge in [0.2, 0.25) is 0 Å². The van der Waals surface area contributed by atoms with Gasteiger partial charge in [0.1, 0.15) is 11.9 Å². The van der Waals surface area contributed by atoms with E-state index >= 15 is 0 Å². The third kappa shape index (κ3) is 4.04. The number of aliphatic hydroxyl groups excluding tert-OH is 2. The summed E-state index contributed by atoms with van der Waals surface area (Å²) in [4.78, 5) is 24.7. The van der Waals surface area contributed by atoms with Gasteiger partial charge >= 0.3 is 11.9 Å². The van der Waals surface area contributed by atoms with Crippen molar-refractivity contribution >= 4 is 11.9 Å². The summed E-state index contributed by atoms with van der Waals surface area (Å²) in [7, 11) is 0. The molecule has 4 aliphatic rings. The molecule has 200 valence electrons. The van der Waals surface area contributed by atoms with Crippen molar-refractivity contribution < 1.29 is 29.6 Å². The summed E-state index contributed by atoms with van der Waals surface area (Å²) in [5.41, 5.74) is 3.68. The van der Waals surface area contributed by atoms with Gasteiger partial charge in [0.15, 0.2) is 0 Å². The maximum atomic E-state index is 12.6. The predicted octanol–water partition coefficient (Wildman–Crippen LogP) is 6.26. The molecule has 0 heterocycles. The highest BCUT2D eigenvalue weighted by atomic mass is 16.5. The van der Waals surface area contributed by atoms with Crippen LogP contribution >= 0.6 is 0 Å². The molecule has 0 saturated heterocycles. The van der Waals surface area contributed by atoms with Crippen LogP contribution in [0.15, 0.2) is 69.1 Å². The SMILES string of the molecule is CC(=O)O[C@H]1C[C@@]2(C)C(=CC(O)=C3[C@@]4(C)CC[C@@H](O)C(C)=C4C=C[C@@]32C)/C1=C(\CCC=C(C)C)C(=O)O. The summed E-state index contributed by atoms with van der Waals surface area (Å²) in [5, 5.41) is 32.4. The number of hydrogen-bond acceptors (Lipinski definition) is 5. The van der Waals surface area contributed by atoms with Crippen LogP contribution in [0.5, 0.6) is 0 Å². The number of carboxylic acid groups (broad SMARTS) is 1. The van der Waals surface area contributed by atoms with Gasteiger partial charge in [-0.2, -0.15) is 0 Å². The molecule has 0 bridgehead atoms. The van der Waals surface area contributed by atoms with Gasteiger partial charge in [-0.05, 0) is 81.2 Å². The van der Waals surface area contributed by atoms with Crippen molar-refractivity contribution in [3.05, 3.63) is 69.1 Å². The molecule has 3 N–H and O–H groups in total. The molecule has 6 nitrogen and oxygen atoms in total. The minimum atomic E-state index is -1.04. The molecular weight excluding hydrogens is 468 g/mol. The highest BCUT2D eigenvalue weighted by molar-refractivity contribution is 5.90. The van der Waals surface area contributed by atoms with Crippen LogP contribution in [0.2, 0.25) is 0 Å². The van der Waals surface area contributed by atoms with Crippen LogP contribution in [0.25, 0.3) is 0 Å². The number of aliphatic hydroxyl groups is 2. The second kappa shape index (κ2) is 9.16. The van der Waals surface area contributed by atoms with Crippen molar-refractivity contribution in [2.75, 3.05) is 0 Å². The van der Waals surface area contributed by atoms with Gasteiger partial charge in [-0.15, -0.1) is 0 Å². The maximum absolute atomic E-state index is 12.6. The van der Waals surface area contributed by atoms with Crippen molar-refractivity contribution in [2.24, 2.45) is 16.2 Å². The standard InChI is InChI=1S/C31H40O6/c1-17(2)9-8-10-20(28(35)36)26-22-15-24(34)27-29(5)13-12-23(33)18(3)21(29)11-14-30(27,6)31(22,7)16-25(26)37-19(4)32/h9,11,14-15,23,25,33-34H,8,10,12-13,16H2,1-7H3,(H,35,36)/b26-20-/t23-,25+,29+,30+,31+/m1/s1. The first kappa shape index (κ1) is 27.2. The van der Waals surface area contributed by atoms with E-state index in [0.717, 1.165) is 27.9 Å². The number of ether oxygens (including phenoxy) is 1. The average Bonchev–Trinajstić information content (AvgIpc) is 3.05. The van der Waals surface area contributed by atoms with Crippen molar-refractivity contribution in [2.45, 2.75) is 92.8 Å². The second-order valence-electron chi connectivity index (χ2n) is 12.0. The Kier molecular flexibility index (Phi) is 6.73. The number of fused-ring (bicyclic) bond motifs is 5. The molecule has 37 heavy (non-hydrogen) atoms. The van der Waals surface area contributed by atoms with Crippen molar-refractivity contribution in [1.82, 2.24) is 0 Å². The second-order valence-corrected chi connectivity index (χ2v) is 12.0. The van der Waals surface area contributed by atoms with Crippen molar-refractivity contribution in [3.8, 4) is 0 Å². The summed E-state index contributed by atoms with van der Waals surface area (Å²) in [6.45, 7) is 13.6. The Balaban J connectivity index is 1.98. The molecule has 5 atom stereocenters. The lowest BCUT2D eigenvalue weighted by Gasteiger charge is -2.56. The normalized spacial score (nSPS) is 35.8. The minimum Gasteiger partial charge on any atom is -0.508 e. The van der Waals surface area contributed by atoms with E-state index in [2.05, 4.69) is 32.9 Å². The molecule has 0 amide bonds. The lowest BCUT2D eigenvalue weighted by molar-refractivity contribution is -0.145. The summed E-state index contributed by atoms with van der Waals surface area (Å²) >= 11 is 0. The van der Waals surface area contributed by atoms with E-state index in [1.165, 1.54) is 6.92 Å². The number of carboxylic acids is 1. The van der Waals surface area contributed by atoms with Crippen molar-refractivity contribution in [3.63, 3.8) is 0 Å². The Hall–Kier alpha value is -2.86. The van der Waals surface area contributed by atoms with Gasteiger partial charge in [-0.1, -0.05) is 44.6 Å². The highest BCUT2D eigenvalue weighted by Gasteiger charge is 2.63. The lowest BCUT2D eigenvalue weighted by Crippen LogP contribution is -2.49. The van der Waals surface area contributed by atoms with Crippen LogP contribution in [0.4, 0.5) is 0 Å². The summed E-state index contributed by atoms with van der Waals surface area (Å²) in [6.07, 6.45) is 9.26. The Morgan fingerprint density at radius 2 is 1.86 bits per heavy atom. The smallest absolute Gasteiger partial charge is 0.331 e. The molecule has 0 radical (unpaired) electrons. The first-order valence-electron chi connectivity index (χ1n) is 13.2. The van der Waals surface area contributed by atoms with Crippen LogP contribution in [0, 0.1) is 16.2 Å². The summed E-state index contributed by atoms with van der Waals surface area (Å²) < 4.78 is 5.78. The fraction of sp³-hybridized carbons (Fsp3) is 0.548. The van der Waals surface area contributed by atoms with E-state index in [0.29, 0.717) is 37.7 Å². The molecule has 0 unspecified atom stereocenters. The summed E-state index contributed by atoms with van der Waals surface area (Å²) in [5.74, 6) is -1.36. The molecule has 0 aromatic heterocycles. The number of carbonyl (C=O) groups is 2. The number of allylic oxidation sites excluding steroid dienone is 7. The molecule has 4 rings (SSSR count). The molecule has 0 aromatic carbocycles. The zero-order valence-corrected chi connectivity index (χ0v) is 23.1. The van der Waals surface area contributed by atoms with Gasteiger partial charge < -0.3 is 20.1 Å². The lowest BCUT2D eigenvalue weighted by atomic mass is 9.46. The maximum Gasteiger partial charge on any atom is 0.331 e. The number of hydrogen-bond donors (Lipinski definition) is 3. The van der Waals surface area contributed by atoms with Gasteiger partial charge in [0.25, 0.3) is 0 Å². The van der Waals surface area contributed by atoms with Gasteiger partial charge in [0, 0.05) is 34.3 Å². The average molecular weight is 509 g/mol. The first-order valence-corrected chi connectivity index (χ1v) is 13.2. The number of carbonyl (C=O) groups excluding carboxylic acids is 1. The molecule has 6 heteroatoms. The zero-order valence-electron chi connectivity index (χ0n) is 23.1. The number of aliphatic carboxylic acids is 1. The fourth-order valence-electron chi connectivity index (χ4n) is 7.39. The Morgan fingerprint density at radius 3 is 2.46 bits per heavy atom. The molecule has 1 fully saturated rings. The Bertz CT molecular complexity index is 1240. The number of esters is 1. The molecule has 0 spiro atoms. The highest BCUT2D eigenvalue weighted by Crippen LogP contribution is 2.70. The van der Waals surface area contributed by atoms with Crippen LogP contribution in [-0.4, -0.2) is 39.5 Å². The van der Waals surface area contributed by atoms with Gasteiger partial charge in [0.05, 0.1) is 6.10 Å². The van der Waals surface area contributed by atoms with E-state index in [1.807, 2.05) is 26.8 Å². The molecule has 4 aliphatic carbocycles. The third-order valence-corrected chi connectivity index (χ3v) is 9.41. The Morgan fingerprint density at radius 1 is 1.19 bits per heavy atom. The van der Waals surface area contributed by atoms with E-state index in [-0.39, 0.29) is 11.3 Å². The fourth-order valence-corrected chi connectivity index (χ4v) is 7.39. The van der Waals surface area contributed by atoms with Gasteiger partial charge in [-0.3, -0.25) is 4.79 Å². The van der Waals surface area contributed by atoms with E-state index in [4.69, 9.17) is 4.74 Å². The Labute approximate surface area is 219 Å². The topological polar surface area (TPSA) is 104 Å². The van der Waals surface area contributed by atoms with Crippen LogP contribution in [0.3, 0.4) is 0 Å². The monoisotopic (exact) mass is 508 g/mol. The predicted molar refractivity (Wildman–Crippen MR) is 143 cm³/mol. The molecule has 0 aliphatic heterocycles. The van der Waals surface area contributed by atoms with Crippen LogP contribution in [0.1, 0.15) is 80.6 Å². The van der Waals surface area contributed by atoms with E-state index in [9.17, 15) is 24.9 Å². The van der Waals surface area contributed by atoms with Crippen LogP contribution < -0.4 is 0 Å². The molecular formula is C31H40O6. The van der Waals surface area contributed by atoms with E-state index in [1.54, 1.807) is 6.08 Å². The minimum absolute atomic E-state index is 0.138. The van der Waals surface area contributed by atoms with E-state index < -0.39 is 40.4 Å². The first-order chi connectivity index (χ1) is 17.2. The zero-order chi connectivity index (χ0) is 27.5. The number of rotatable bonds is 5. The van der Waals surface area contributed by atoms with Crippen molar-refractivity contribution in [1.29, 1.82) is 0 Å². The van der Waals surface area contributed by atoms with Gasteiger partial charge in [-0.25, -0.2) is 4.79 Å². The molecule has 0 aromatic rings. The quantitative estimate of drug-likeness (QED) is 0.230.